The number of hydrogen-bond donors (Lipinski definition) is 0. The summed E-state index contributed by atoms with van der Waals surface area (Å²) < 4.78 is 59.3. The van der Waals surface area contributed by atoms with Gasteiger partial charge in [0.1, 0.15) is 24.7 Å². The maximum absolute atomic E-state index is 16.0. The summed E-state index contributed by atoms with van der Waals surface area (Å²) >= 11 is 0. The van der Waals surface area contributed by atoms with E-state index < -0.39 is 11.8 Å². The van der Waals surface area contributed by atoms with Crippen molar-refractivity contribution in [2.45, 2.75) is 25.0 Å². The molecule has 0 N–H and O–H groups in total. The second kappa shape index (κ2) is 17.0. The van der Waals surface area contributed by atoms with Crippen molar-refractivity contribution >= 4 is 5.78 Å². The molecule has 2 heterocycles. The average Bonchev–Trinajstić information content (AvgIpc) is 3.94. The Balaban J connectivity index is 1.27. The summed E-state index contributed by atoms with van der Waals surface area (Å²) in [6, 6.07) is 37.8. The summed E-state index contributed by atoms with van der Waals surface area (Å²) in [6.07, 6.45) is 0. The molecule has 0 bridgehead atoms. The van der Waals surface area contributed by atoms with Gasteiger partial charge in [-0.3, -0.25) is 4.79 Å². The highest BCUT2D eigenvalue weighted by atomic mass is 16.7. The number of ether oxygens (including phenoxy) is 10. The van der Waals surface area contributed by atoms with Crippen LogP contribution in [0.2, 0.25) is 0 Å². The molecule has 0 saturated heterocycles. The van der Waals surface area contributed by atoms with Gasteiger partial charge in [0.25, 0.3) is 0 Å². The highest BCUT2D eigenvalue weighted by molar-refractivity contribution is 5.98. The third-order valence-corrected chi connectivity index (χ3v) is 10.2. The van der Waals surface area contributed by atoms with Crippen molar-refractivity contribution in [3.63, 3.8) is 0 Å². The summed E-state index contributed by atoms with van der Waals surface area (Å²) in [7, 11) is 6.25. The Hall–Kier alpha value is -7.01. The minimum atomic E-state index is -0.957. The van der Waals surface area contributed by atoms with Crippen LogP contribution < -0.4 is 47.4 Å². The van der Waals surface area contributed by atoms with Crippen LogP contribution in [0, 0.1) is 0 Å². The Labute approximate surface area is 336 Å². The van der Waals surface area contributed by atoms with Crippen LogP contribution in [0.5, 0.6) is 57.5 Å². The first kappa shape index (κ1) is 37.9. The summed E-state index contributed by atoms with van der Waals surface area (Å²) in [6.45, 7) is 0.732. The molecule has 2 aliphatic heterocycles. The molecule has 0 fully saturated rings. The van der Waals surface area contributed by atoms with Gasteiger partial charge >= 0.3 is 0 Å². The first-order valence-corrected chi connectivity index (χ1v) is 18.7. The number of ketones is 1. The molecule has 6 aromatic carbocycles. The lowest BCUT2D eigenvalue weighted by Crippen LogP contribution is -2.24. The molecule has 2 atom stereocenters. The molecule has 6 aromatic rings. The van der Waals surface area contributed by atoms with Gasteiger partial charge in [-0.2, -0.15) is 0 Å². The Morgan fingerprint density at radius 3 is 1.22 bits per heavy atom. The van der Waals surface area contributed by atoms with E-state index >= 15 is 4.79 Å². The van der Waals surface area contributed by atoms with Gasteiger partial charge in [-0.1, -0.05) is 72.8 Å². The normalized spacial score (nSPS) is 13.3. The van der Waals surface area contributed by atoms with Crippen LogP contribution in [0.15, 0.2) is 121 Å². The van der Waals surface area contributed by atoms with Crippen LogP contribution in [-0.4, -0.2) is 47.8 Å². The third-order valence-electron chi connectivity index (χ3n) is 10.2. The summed E-state index contributed by atoms with van der Waals surface area (Å²) in [4.78, 5) is 16.0. The lowest BCUT2D eigenvalue weighted by atomic mass is 9.76. The lowest BCUT2D eigenvalue weighted by molar-refractivity contribution is -0.120. The molecular formula is C47H42O11. The first-order valence-electron chi connectivity index (χ1n) is 18.7. The van der Waals surface area contributed by atoms with E-state index in [9.17, 15) is 0 Å². The van der Waals surface area contributed by atoms with Gasteiger partial charge in [0.2, 0.25) is 13.6 Å². The predicted molar refractivity (Wildman–Crippen MR) is 214 cm³/mol. The molecule has 2 unspecified atom stereocenters. The molecule has 2 aliphatic rings. The number of carbonyl (C=O) groups excluding carboxylic acids is 1. The van der Waals surface area contributed by atoms with Gasteiger partial charge in [0.15, 0.2) is 51.8 Å². The largest absolute Gasteiger partial charge is 0.496 e. The van der Waals surface area contributed by atoms with Crippen molar-refractivity contribution in [1.82, 2.24) is 0 Å². The lowest BCUT2D eigenvalue weighted by Gasteiger charge is -2.27. The van der Waals surface area contributed by atoms with E-state index in [1.165, 1.54) is 0 Å². The molecule has 11 nitrogen and oxygen atoms in total. The Kier molecular flexibility index (Phi) is 11.1. The fourth-order valence-corrected chi connectivity index (χ4v) is 7.28. The smallest absolute Gasteiger partial charge is 0.231 e. The summed E-state index contributed by atoms with van der Waals surface area (Å²) in [5.74, 6) is 2.66. The predicted octanol–water partition coefficient (Wildman–Crippen LogP) is 8.87. The zero-order valence-electron chi connectivity index (χ0n) is 32.5. The number of carbonyl (C=O) groups is 1. The number of methoxy groups -OCH3 is 4. The van der Waals surface area contributed by atoms with Crippen LogP contribution in [-0.2, 0) is 18.0 Å². The minimum absolute atomic E-state index is 0.0390. The van der Waals surface area contributed by atoms with Crippen LogP contribution in [0.3, 0.4) is 0 Å². The Morgan fingerprint density at radius 1 is 0.466 bits per heavy atom. The van der Waals surface area contributed by atoms with Gasteiger partial charge < -0.3 is 47.4 Å². The fourth-order valence-electron chi connectivity index (χ4n) is 7.28. The molecule has 0 spiro atoms. The highest BCUT2D eigenvalue weighted by Gasteiger charge is 2.38. The quantitative estimate of drug-likeness (QED) is 0.0940. The molecule has 0 amide bonds. The fraction of sp³-hybridized carbons (Fsp3) is 0.213. The van der Waals surface area contributed by atoms with Crippen molar-refractivity contribution in [2.24, 2.45) is 0 Å². The van der Waals surface area contributed by atoms with Gasteiger partial charge in [-0.15, -0.1) is 0 Å². The molecule has 296 valence electrons. The van der Waals surface area contributed by atoms with Crippen LogP contribution >= 0.6 is 0 Å². The number of benzene rings is 6. The van der Waals surface area contributed by atoms with Crippen LogP contribution in [0.4, 0.5) is 0 Å². The van der Waals surface area contributed by atoms with Crippen molar-refractivity contribution in [1.29, 1.82) is 0 Å². The van der Waals surface area contributed by atoms with E-state index in [4.69, 9.17) is 47.4 Å². The average molecular weight is 783 g/mol. The number of rotatable bonds is 16. The molecule has 0 aliphatic carbocycles. The van der Waals surface area contributed by atoms with Crippen molar-refractivity contribution < 1.29 is 52.2 Å². The van der Waals surface area contributed by atoms with E-state index in [0.717, 1.165) is 11.1 Å². The van der Waals surface area contributed by atoms with Crippen molar-refractivity contribution in [3.05, 3.63) is 155 Å². The van der Waals surface area contributed by atoms with Gasteiger partial charge in [0, 0.05) is 23.3 Å². The van der Waals surface area contributed by atoms with E-state index in [1.54, 1.807) is 52.7 Å². The SMILES string of the molecule is COc1cc(C(C(=O)C(c2ccc(OCc3ccccc3)c(OC)c2)c2cc3c(cc2OC)OCO3)c2cc3c(cc2OC)OCO3)ccc1OCc1ccccc1. The Bertz CT molecular complexity index is 2230. The molecule has 0 radical (unpaired) electrons. The topological polar surface area (TPSA) is 109 Å². The highest BCUT2D eigenvalue weighted by Crippen LogP contribution is 2.50. The zero-order valence-corrected chi connectivity index (χ0v) is 32.5. The van der Waals surface area contributed by atoms with Crippen LogP contribution in [0.25, 0.3) is 0 Å². The van der Waals surface area contributed by atoms with Gasteiger partial charge in [-0.25, -0.2) is 0 Å². The van der Waals surface area contributed by atoms with E-state index in [2.05, 4.69) is 0 Å². The first-order chi connectivity index (χ1) is 28.5. The summed E-state index contributed by atoms with van der Waals surface area (Å²) in [5, 5.41) is 0. The van der Waals surface area contributed by atoms with Crippen molar-refractivity contribution in [2.75, 3.05) is 42.0 Å². The molecular weight excluding hydrogens is 741 g/mol. The molecule has 0 saturated carbocycles. The van der Waals surface area contributed by atoms with Gasteiger partial charge in [-0.05, 0) is 58.7 Å². The number of hydrogen-bond acceptors (Lipinski definition) is 11. The van der Waals surface area contributed by atoms with E-state index in [1.807, 2.05) is 97.1 Å². The van der Waals surface area contributed by atoms with Crippen molar-refractivity contribution in [3.8, 4) is 57.5 Å². The molecule has 0 aromatic heterocycles. The Morgan fingerprint density at radius 2 is 0.845 bits per heavy atom. The van der Waals surface area contributed by atoms with Gasteiger partial charge in [0.05, 0.1) is 40.3 Å². The van der Waals surface area contributed by atoms with E-state index in [-0.39, 0.29) is 19.4 Å². The molecule has 8 rings (SSSR count). The summed E-state index contributed by atoms with van der Waals surface area (Å²) in [5.41, 5.74) is 4.34. The maximum atomic E-state index is 16.0. The molecule has 11 heteroatoms. The zero-order chi connectivity index (χ0) is 40.0. The molecule has 58 heavy (non-hydrogen) atoms. The second-order valence-electron chi connectivity index (χ2n) is 13.5. The standard InChI is InChI=1S/C47H42O11/c1-49-37-23-43-41(55-27-57-43)21-33(37)45(31-15-17-35(39(19-31)51-3)53-25-29-11-7-5-8-12-29)47(48)46(34-22-42-44(58-28-56-42)24-38(34)50-2)32-16-18-36(40(20-32)52-4)54-26-30-13-9-6-10-14-30/h5-24,45-46H,25-28H2,1-4H3. The monoisotopic (exact) mass is 782 g/mol. The third kappa shape index (κ3) is 7.71. The number of Topliss-reactive ketones (excluding diaryl/α,β-unsaturated/α-hetero) is 1. The second-order valence-corrected chi connectivity index (χ2v) is 13.5. The maximum Gasteiger partial charge on any atom is 0.231 e. The number of fused-ring (bicyclic) bond motifs is 2. The minimum Gasteiger partial charge on any atom is -0.496 e. The van der Waals surface area contributed by atoms with E-state index in [0.29, 0.717) is 93.0 Å². The van der Waals surface area contributed by atoms with Crippen LogP contribution in [0.1, 0.15) is 45.2 Å².